The molecule has 0 fully saturated rings. The van der Waals surface area contributed by atoms with Crippen LogP contribution in [0.5, 0.6) is 5.75 Å². The molecule has 0 amide bonds. The molecule has 0 aliphatic rings. The molecule has 4 heteroatoms. The van der Waals surface area contributed by atoms with Crippen molar-refractivity contribution in [1.82, 2.24) is 0 Å². The summed E-state index contributed by atoms with van der Waals surface area (Å²) in [5, 5.41) is 0. The molecule has 0 saturated heterocycles. The van der Waals surface area contributed by atoms with Crippen molar-refractivity contribution in [3.05, 3.63) is 29.8 Å². The summed E-state index contributed by atoms with van der Waals surface area (Å²) in [6, 6.07) is 8.38. The highest BCUT2D eigenvalue weighted by molar-refractivity contribution is 5.65. The summed E-state index contributed by atoms with van der Waals surface area (Å²) in [5.74, 6) is 1.66. The number of unbranched alkanes of at least 4 members (excludes halogenated alkanes) is 1. The van der Waals surface area contributed by atoms with Crippen molar-refractivity contribution < 1.29 is 19.0 Å². The highest BCUT2D eigenvalue weighted by atomic mass is 16.7. The molecule has 0 aliphatic heterocycles. The molecule has 148 valence electrons. The van der Waals surface area contributed by atoms with Crippen LogP contribution in [0.15, 0.2) is 24.3 Å². The monoisotopic (exact) mass is 364 g/mol. The fourth-order valence-electron chi connectivity index (χ4n) is 3.53. The highest BCUT2D eigenvalue weighted by Crippen LogP contribution is 2.40. The van der Waals surface area contributed by atoms with Crippen molar-refractivity contribution in [2.45, 2.75) is 73.5 Å². The third kappa shape index (κ3) is 8.22. The Kier molecular flexibility index (Phi) is 9.14. The second-order valence-electron chi connectivity index (χ2n) is 8.26. The van der Waals surface area contributed by atoms with Gasteiger partial charge >= 0.3 is 5.97 Å². The van der Waals surface area contributed by atoms with Gasteiger partial charge in [0.15, 0.2) is 6.29 Å². The van der Waals surface area contributed by atoms with Crippen molar-refractivity contribution in [3.63, 3.8) is 0 Å². The van der Waals surface area contributed by atoms with E-state index in [1.807, 2.05) is 19.1 Å². The zero-order valence-electron chi connectivity index (χ0n) is 17.5. The molecule has 2 unspecified atom stereocenters. The van der Waals surface area contributed by atoms with E-state index in [4.69, 9.17) is 14.2 Å². The standard InChI is InChI=1S/C22H36O4/c1-16(2)21(22(5,6)7)19-10-12-20(13-11-19)26-18(4)25-15-9-8-14-24-17(3)23/h10-13,16,18,21H,8-9,14-15H2,1-7H3. The lowest BCUT2D eigenvalue weighted by atomic mass is 9.70. The first-order valence-electron chi connectivity index (χ1n) is 9.63. The Morgan fingerprint density at radius 2 is 1.58 bits per heavy atom. The van der Waals surface area contributed by atoms with E-state index < -0.39 is 0 Å². The van der Waals surface area contributed by atoms with Gasteiger partial charge in [0.25, 0.3) is 0 Å². The average Bonchev–Trinajstić information content (AvgIpc) is 2.50. The van der Waals surface area contributed by atoms with Gasteiger partial charge < -0.3 is 14.2 Å². The third-order valence-electron chi connectivity index (χ3n) is 4.34. The average molecular weight is 365 g/mol. The number of hydrogen-bond donors (Lipinski definition) is 0. The molecule has 4 nitrogen and oxygen atoms in total. The third-order valence-corrected chi connectivity index (χ3v) is 4.34. The second-order valence-corrected chi connectivity index (χ2v) is 8.26. The molecular weight excluding hydrogens is 328 g/mol. The Morgan fingerprint density at radius 1 is 1.00 bits per heavy atom. The van der Waals surface area contributed by atoms with Crippen molar-refractivity contribution in [2.75, 3.05) is 13.2 Å². The van der Waals surface area contributed by atoms with Gasteiger partial charge in [0.2, 0.25) is 0 Å². The van der Waals surface area contributed by atoms with Crippen LogP contribution in [-0.2, 0) is 14.3 Å². The van der Waals surface area contributed by atoms with Gasteiger partial charge in [-0.3, -0.25) is 4.79 Å². The molecule has 1 rings (SSSR count). The van der Waals surface area contributed by atoms with E-state index in [0.29, 0.717) is 25.0 Å². The first-order chi connectivity index (χ1) is 12.1. The predicted octanol–water partition coefficient (Wildman–Crippen LogP) is 5.56. The Labute approximate surface area is 159 Å². The summed E-state index contributed by atoms with van der Waals surface area (Å²) in [6.45, 7) is 15.8. The Morgan fingerprint density at radius 3 is 2.08 bits per heavy atom. The van der Waals surface area contributed by atoms with E-state index in [-0.39, 0.29) is 17.7 Å². The number of ether oxygens (including phenoxy) is 3. The number of rotatable bonds is 10. The summed E-state index contributed by atoms with van der Waals surface area (Å²) in [6.07, 6.45) is 1.32. The molecule has 0 heterocycles. The summed E-state index contributed by atoms with van der Waals surface area (Å²) in [5.41, 5.74) is 1.57. The van der Waals surface area contributed by atoms with Gasteiger partial charge in [-0.1, -0.05) is 46.8 Å². The van der Waals surface area contributed by atoms with Crippen molar-refractivity contribution in [3.8, 4) is 5.75 Å². The molecule has 1 aromatic rings. The Hall–Kier alpha value is -1.55. The van der Waals surface area contributed by atoms with Gasteiger partial charge in [-0.25, -0.2) is 0 Å². The van der Waals surface area contributed by atoms with Crippen LogP contribution in [0.4, 0.5) is 0 Å². The minimum absolute atomic E-state index is 0.221. The normalized spacial score (nSPS) is 14.2. The SMILES string of the molecule is CC(=O)OCCCCOC(C)Oc1ccc(C(C(C)C)C(C)(C)C)cc1. The molecule has 0 radical (unpaired) electrons. The molecule has 0 saturated carbocycles. The van der Waals surface area contributed by atoms with Crippen LogP contribution in [0.1, 0.15) is 72.8 Å². The molecule has 0 aromatic heterocycles. The summed E-state index contributed by atoms with van der Waals surface area (Å²) in [4.78, 5) is 10.7. The maximum atomic E-state index is 10.7. The Bertz CT molecular complexity index is 528. The fraction of sp³-hybridized carbons (Fsp3) is 0.682. The van der Waals surface area contributed by atoms with Crippen LogP contribution in [-0.4, -0.2) is 25.5 Å². The topological polar surface area (TPSA) is 44.8 Å². The zero-order chi connectivity index (χ0) is 19.7. The largest absolute Gasteiger partial charge is 0.466 e. The minimum Gasteiger partial charge on any atom is -0.466 e. The molecule has 26 heavy (non-hydrogen) atoms. The first-order valence-corrected chi connectivity index (χ1v) is 9.63. The quantitative estimate of drug-likeness (QED) is 0.310. The highest BCUT2D eigenvalue weighted by Gasteiger charge is 2.28. The smallest absolute Gasteiger partial charge is 0.302 e. The van der Waals surface area contributed by atoms with E-state index in [1.54, 1.807) is 0 Å². The zero-order valence-corrected chi connectivity index (χ0v) is 17.5. The van der Waals surface area contributed by atoms with Gasteiger partial charge in [-0.05, 0) is 54.7 Å². The lowest BCUT2D eigenvalue weighted by molar-refractivity contribution is -0.141. The van der Waals surface area contributed by atoms with Crippen LogP contribution in [0, 0.1) is 11.3 Å². The van der Waals surface area contributed by atoms with Gasteiger partial charge in [-0.2, -0.15) is 0 Å². The first kappa shape index (κ1) is 22.5. The van der Waals surface area contributed by atoms with Crippen LogP contribution in [0.2, 0.25) is 0 Å². The number of carbonyl (C=O) groups is 1. The molecule has 0 N–H and O–H groups in total. The minimum atomic E-state index is -0.307. The summed E-state index contributed by atoms with van der Waals surface area (Å²) >= 11 is 0. The van der Waals surface area contributed by atoms with E-state index in [1.165, 1.54) is 12.5 Å². The van der Waals surface area contributed by atoms with E-state index >= 15 is 0 Å². The molecular formula is C22H36O4. The van der Waals surface area contributed by atoms with Crippen LogP contribution in [0.25, 0.3) is 0 Å². The maximum absolute atomic E-state index is 10.7. The molecule has 1 aromatic carbocycles. The molecule has 2 atom stereocenters. The van der Waals surface area contributed by atoms with Crippen LogP contribution < -0.4 is 4.74 Å². The van der Waals surface area contributed by atoms with Crippen molar-refractivity contribution in [1.29, 1.82) is 0 Å². The predicted molar refractivity (Wildman–Crippen MR) is 105 cm³/mol. The fourth-order valence-corrected chi connectivity index (χ4v) is 3.53. The molecule has 0 aliphatic carbocycles. The van der Waals surface area contributed by atoms with Crippen LogP contribution >= 0.6 is 0 Å². The lowest BCUT2D eigenvalue weighted by Gasteiger charge is -2.34. The Balaban J connectivity index is 2.45. The van der Waals surface area contributed by atoms with E-state index in [0.717, 1.165) is 18.6 Å². The second kappa shape index (κ2) is 10.6. The molecule has 0 spiro atoms. The number of hydrogen-bond acceptors (Lipinski definition) is 4. The van der Waals surface area contributed by atoms with Crippen molar-refractivity contribution >= 4 is 5.97 Å². The van der Waals surface area contributed by atoms with Gasteiger partial charge in [0.1, 0.15) is 5.75 Å². The number of benzene rings is 1. The van der Waals surface area contributed by atoms with Gasteiger partial charge in [-0.15, -0.1) is 0 Å². The number of esters is 1. The maximum Gasteiger partial charge on any atom is 0.302 e. The van der Waals surface area contributed by atoms with Gasteiger partial charge in [0.05, 0.1) is 13.2 Å². The number of carbonyl (C=O) groups excluding carboxylic acids is 1. The van der Waals surface area contributed by atoms with Gasteiger partial charge in [0, 0.05) is 6.92 Å². The van der Waals surface area contributed by atoms with Crippen molar-refractivity contribution in [2.24, 2.45) is 11.3 Å². The van der Waals surface area contributed by atoms with E-state index in [2.05, 4.69) is 46.8 Å². The van der Waals surface area contributed by atoms with E-state index in [9.17, 15) is 4.79 Å². The molecule has 0 bridgehead atoms. The summed E-state index contributed by atoms with van der Waals surface area (Å²) in [7, 11) is 0. The lowest BCUT2D eigenvalue weighted by Crippen LogP contribution is -2.23. The van der Waals surface area contributed by atoms with Crippen LogP contribution in [0.3, 0.4) is 0 Å². The summed E-state index contributed by atoms with van der Waals surface area (Å²) < 4.78 is 16.4.